The zero-order valence-electron chi connectivity index (χ0n) is 8.02. The minimum absolute atomic E-state index is 0.0405. The van der Waals surface area contributed by atoms with Gasteiger partial charge in [0.25, 0.3) is 0 Å². The average molecular weight is 279 g/mol. The first-order valence-corrected chi connectivity index (χ1v) is 5.30. The number of rotatable bonds is 3. The van der Waals surface area contributed by atoms with Crippen molar-refractivity contribution in [2.24, 2.45) is 0 Å². The van der Waals surface area contributed by atoms with Gasteiger partial charge in [-0.2, -0.15) is 0 Å². The number of hydrogen-bond donors (Lipinski definition) is 0. The van der Waals surface area contributed by atoms with E-state index >= 15 is 0 Å². The molecule has 0 unspecified atom stereocenters. The standard InChI is InChI=1S/C10H9BrF2O2/c1-15-10(14)4-6-7(5-11)9(13)3-2-8(6)12/h2-3H,4-5H2,1H3. The largest absolute Gasteiger partial charge is 0.469 e. The lowest BCUT2D eigenvalue weighted by Gasteiger charge is -2.08. The van der Waals surface area contributed by atoms with Crippen molar-refractivity contribution in [1.29, 1.82) is 0 Å². The van der Waals surface area contributed by atoms with E-state index in [1.807, 2.05) is 0 Å². The van der Waals surface area contributed by atoms with Gasteiger partial charge >= 0.3 is 5.97 Å². The van der Waals surface area contributed by atoms with E-state index in [1.54, 1.807) is 0 Å². The summed E-state index contributed by atoms with van der Waals surface area (Å²) < 4.78 is 31.0. The number of methoxy groups -OCH3 is 1. The van der Waals surface area contributed by atoms with Crippen LogP contribution >= 0.6 is 15.9 Å². The fourth-order valence-corrected chi connectivity index (χ4v) is 1.79. The van der Waals surface area contributed by atoms with Gasteiger partial charge in [-0.3, -0.25) is 4.79 Å². The Morgan fingerprint density at radius 2 is 1.87 bits per heavy atom. The SMILES string of the molecule is COC(=O)Cc1c(F)ccc(F)c1CBr. The van der Waals surface area contributed by atoms with E-state index in [4.69, 9.17) is 0 Å². The Labute approximate surface area is 94.4 Å². The van der Waals surface area contributed by atoms with Crippen LogP contribution in [0.1, 0.15) is 11.1 Å². The summed E-state index contributed by atoms with van der Waals surface area (Å²) in [6.07, 6.45) is -0.263. The molecule has 0 spiro atoms. The van der Waals surface area contributed by atoms with Gasteiger partial charge in [0.2, 0.25) is 0 Å². The molecular formula is C10H9BrF2O2. The lowest BCUT2D eigenvalue weighted by Crippen LogP contribution is -2.09. The zero-order chi connectivity index (χ0) is 11.4. The summed E-state index contributed by atoms with van der Waals surface area (Å²) in [6.45, 7) is 0. The van der Waals surface area contributed by atoms with Crippen molar-refractivity contribution in [1.82, 2.24) is 0 Å². The number of esters is 1. The number of alkyl halides is 1. The number of halogens is 3. The fourth-order valence-electron chi connectivity index (χ4n) is 1.19. The van der Waals surface area contributed by atoms with Gasteiger partial charge in [-0.05, 0) is 12.1 Å². The maximum Gasteiger partial charge on any atom is 0.310 e. The Morgan fingerprint density at radius 1 is 1.33 bits per heavy atom. The Hall–Kier alpha value is -0.970. The van der Waals surface area contributed by atoms with Gasteiger partial charge in [0.05, 0.1) is 13.5 Å². The quantitative estimate of drug-likeness (QED) is 0.628. The van der Waals surface area contributed by atoms with Crippen molar-refractivity contribution >= 4 is 21.9 Å². The zero-order valence-corrected chi connectivity index (χ0v) is 9.61. The predicted octanol–water partition coefficient (Wildman–Crippen LogP) is 2.58. The molecule has 0 saturated heterocycles. The van der Waals surface area contributed by atoms with Crippen LogP contribution in [0.5, 0.6) is 0 Å². The number of carbonyl (C=O) groups excluding carboxylic acids is 1. The minimum Gasteiger partial charge on any atom is -0.469 e. The normalized spacial score (nSPS) is 10.1. The average Bonchev–Trinajstić information content (AvgIpc) is 2.23. The van der Waals surface area contributed by atoms with E-state index in [-0.39, 0.29) is 22.9 Å². The van der Waals surface area contributed by atoms with Gasteiger partial charge in [-0.25, -0.2) is 8.78 Å². The van der Waals surface area contributed by atoms with E-state index in [2.05, 4.69) is 20.7 Å². The molecule has 15 heavy (non-hydrogen) atoms. The molecule has 0 aliphatic rings. The van der Waals surface area contributed by atoms with Crippen molar-refractivity contribution in [3.05, 3.63) is 34.9 Å². The molecule has 0 N–H and O–H groups in total. The van der Waals surface area contributed by atoms with Crippen molar-refractivity contribution < 1.29 is 18.3 Å². The van der Waals surface area contributed by atoms with E-state index in [0.29, 0.717) is 0 Å². The highest BCUT2D eigenvalue weighted by atomic mass is 79.9. The third-order valence-electron chi connectivity index (χ3n) is 2.00. The Morgan fingerprint density at radius 3 is 2.33 bits per heavy atom. The van der Waals surface area contributed by atoms with Gasteiger partial charge in [-0.1, -0.05) is 15.9 Å². The van der Waals surface area contributed by atoms with Crippen LogP contribution in [0.4, 0.5) is 8.78 Å². The van der Waals surface area contributed by atoms with Gasteiger partial charge in [-0.15, -0.1) is 0 Å². The third-order valence-corrected chi connectivity index (χ3v) is 2.56. The predicted molar refractivity (Wildman–Crippen MR) is 54.7 cm³/mol. The highest BCUT2D eigenvalue weighted by Crippen LogP contribution is 2.21. The van der Waals surface area contributed by atoms with Gasteiger partial charge in [0.1, 0.15) is 11.6 Å². The van der Waals surface area contributed by atoms with Crippen molar-refractivity contribution in [3.8, 4) is 0 Å². The minimum atomic E-state index is -0.601. The van der Waals surface area contributed by atoms with Gasteiger partial charge < -0.3 is 4.74 Å². The van der Waals surface area contributed by atoms with Crippen LogP contribution in [0.2, 0.25) is 0 Å². The van der Waals surface area contributed by atoms with E-state index in [9.17, 15) is 13.6 Å². The van der Waals surface area contributed by atoms with Gasteiger partial charge in [0, 0.05) is 16.5 Å². The number of carbonyl (C=O) groups is 1. The number of benzene rings is 1. The summed E-state index contributed by atoms with van der Waals surface area (Å²) in [5.74, 6) is -1.73. The van der Waals surface area contributed by atoms with Crippen molar-refractivity contribution in [2.75, 3.05) is 7.11 Å². The highest BCUT2D eigenvalue weighted by Gasteiger charge is 2.16. The second-order valence-electron chi connectivity index (χ2n) is 2.87. The molecule has 5 heteroatoms. The first-order chi connectivity index (χ1) is 7.10. The molecule has 0 aromatic heterocycles. The molecular weight excluding hydrogens is 270 g/mol. The Bertz CT molecular complexity index is 380. The molecule has 1 aromatic rings. The third kappa shape index (κ3) is 2.75. The number of ether oxygens (including phenoxy) is 1. The lowest BCUT2D eigenvalue weighted by molar-refractivity contribution is -0.139. The summed E-state index contributed by atoms with van der Waals surface area (Å²) in [4.78, 5) is 11.0. The Balaban J connectivity index is 3.13. The molecule has 2 nitrogen and oxygen atoms in total. The fraction of sp³-hybridized carbons (Fsp3) is 0.300. The maximum atomic E-state index is 13.3. The molecule has 0 amide bonds. The van der Waals surface area contributed by atoms with Crippen molar-refractivity contribution in [3.63, 3.8) is 0 Å². The summed E-state index contributed by atoms with van der Waals surface area (Å²) in [6, 6.07) is 2.03. The molecule has 0 bridgehead atoms. The highest BCUT2D eigenvalue weighted by molar-refractivity contribution is 9.08. The maximum absolute atomic E-state index is 13.3. The van der Waals surface area contributed by atoms with Crippen LogP contribution in [-0.4, -0.2) is 13.1 Å². The van der Waals surface area contributed by atoms with E-state index in [0.717, 1.165) is 12.1 Å². The summed E-state index contributed by atoms with van der Waals surface area (Å²) in [5.41, 5.74) is 0.194. The molecule has 0 aliphatic carbocycles. The molecule has 0 atom stereocenters. The van der Waals surface area contributed by atoms with Crippen LogP contribution in [0.15, 0.2) is 12.1 Å². The summed E-state index contributed by atoms with van der Waals surface area (Å²) in [5, 5.41) is 0.156. The summed E-state index contributed by atoms with van der Waals surface area (Å²) in [7, 11) is 1.20. The van der Waals surface area contributed by atoms with Crippen LogP contribution in [-0.2, 0) is 21.3 Å². The van der Waals surface area contributed by atoms with E-state index in [1.165, 1.54) is 7.11 Å². The van der Waals surface area contributed by atoms with Crippen LogP contribution < -0.4 is 0 Å². The smallest absolute Gasteiger partial charge is 0.310 e. The first-order valence-electron chi connectivity index (χ1n) is 4.18. The second-order valence-corrected chi connectivity index (χ2v) is 3.43. The second kappa shape index (κ2) is 5.21. The molecule has 1 aromatic carbocycles. The van der Waals surface area contributed by atoms with Crippen LogP contribution in [0.3, 0.4) is 0 Å². The molecule has 82 valence electrons. The summed E-state index contributed by atoms with van der Waals surface area (Å²) >= 11 is 3.05. The topological polar surface area (TPSA) is 26.3 Å². The monoisotopic (exact) mass is 278 g/mol. The van der Waals surface area contributed by atoms with Crippen molar-refractivity contribution in [2.45, 2.75) is 11.8 Å². The lowest BCUT2D eigenvalue weighted by atomic mass is 10.0. The molecule has 0 aliphatic heterocycles. The molecule has 0 saturated carbocycles. The molecule has 1 rings (SSSR count). The molecule has 0 heterocycles. The van der Waals surface area contributed by atoms with Gasteiger partial charge in [0.15, 0.2) is 0 Å². The van der Waals surface area contributed by atoms with Crippen LogP contribution in [0.25, 0.3) is 0 Å². The van der Waals surface area contributed by atoms with E-state index < -0.39 is 17.6 Å². The Kier molecular flexibility index (Phi) is 4.20. The molecule has 0 radical (unpaired) electrons. The first kappa shape index (κ1) is 12.1. The molecule has 0 fully saturated rings. The number of hydrogen-bond acceptors (Lipinski definition) is 2. The van der Waals surface area contributed by atoms with Crippen LogP contribution in [0, 0.1) is 11.6 Å².